The zero-order chi connectivity index (χ0) is 16.8. The van der Waals surface area contributed by atoms with E-state index in [1.807, 2.05) is 44.2 Å². The minimum absolute atomic E-state index is 0.339. The molecule has 1 amide bonds. The zero-order valence-electron chi connectivity index (χ0n) is 14.1. The van der Waals surface area contributed by atoms with E-state index in [4.69, 9.17) is 9.47 Å². The molecule has 0 unspecified atom stereocenters. The van der Waals surface area contributed by atoms with Crippen LogP contribution in [0.5, 0.6) is 5.75 Å². The molecule has 0 atom stereocenters. The molecular weight excluding hydrogens is 290 g/mol. The smallest absolute Gasteiger partial charge is 0.411 e. The van der Waals surface area contributed by atoms with Gasteiger partial charge >= 0.3 is 6.09 Å². The quantitative estimate of drug-likeness (QED) is 0.865. The number of ether oxygens (including phenoxy) is 2. The summed E-state index contributed by atoms with van der Waals surface area (Å²) in [7, 11) is 0. The first kappa shape index (κ1) is 16.9. The van der Waals surface area contributed by atoms with E-state index >= 15 is 0 Å². The first-order valence-corrected chi connectivity index (χ1v) is 7.73. The molecule has 0 heterocycles. The molecule has 0 aliphatic heterocycles. The van der Waals surface area contributed by atoms with E-state index in [9.17, 15) is 4.79 Å². The van der Waals surface area contributed by atoms with Crippen LogP contribution in [0.25, 0.3) is 0 Å². The molecular formula is C19H23NO3. The van der Waals surface area contributed by atoms with Crippen molar-refractivity contribution in [1.82, 2.24) is 0 Å². The number of hydrogen-bond donors (Lipinski definition) is 1. The van der Waals surface area contributed by atoms with Gasteiger partial charge in [-0.1, -0.05) is 35.9 Å². The molecule has 0 aliphatic carbocycles. The van der Waals surface area contributed by atoms with Gasteiger partial charge in [-0.25, -0.2) is 4.79 Å². The Balaban J connectivity index is 2.16. The standard InChI is InChI=1S/C19H23NO3/c1-5-22-19(21)20-18-14(3)7-6-8-16(18)12-23-17-10-9-13(2)11-15(17)4/h6-11H,5,12H2,1-4H3,(H,20,21). The number of aryl methyl sites for hydroxylation is 3. The summed E-state index contributed by atoms with van der Waals surface area (Å²) in [6, 6.07) is 11.9. The fourth-order valence-electron chi connectivity index (χ4n) is 2.41. The van der Waals surface area contributed by atoms with Gasteiger partial charge in [-0.05, 0) is 44.9 Å². The average Bonchev–Trinajstić information content (AvgIpc) is 2.49. The van der Waals surface area contributed by atoms with Crippen LogP contribution in [-0.4, -0.2) is 12.7 Å². The van der Waals surface area contributed by atoms with Crippen molar-refractivity contribution in [1.29, 1.82) is 0 Å². The van der Waals surface area contributed by atoms with Crippen LogP contribution in [0.15, 0.2) is 36.4 Å². The van der Waals surface area contributed by atoms with Gasteiger partial charge in [0.25, 0.3) is 0 Å². The zero-order valence-corrected chi connectivity index (χ0v) is 14.1. The Bertz CT molecular complexity index is 695. The van der Waals surface area contributed by atoms with Crippen molar-refractivity contribution in [3.63, 3.8) is 0 Å². The van der Waals surface area contributed by atoms with E-state index in [0.717, 1.165) is 28.1 Å². The molecule has 4 heteroatoms. The summed E-state index contributed by atoms with van der Waals surface area (Å²) in [5, 5.41) is 2.80. The number of carbonyl (C=O) groups excluding carboxylic acids is 1. The molecule has 0 fully saturated rings. The molecule has 0 aromatic heterocycles. The topological polar surface area (TPSA) is 47.6 Å². The number of amides is 1. The van der Waals surface area contributed by atoms with E-state index in [0.29, 0.717) is 13.2 Å². The Morgan fingerprint density at radius 2 is 1.87 bits per heavy atom. The summed E-state index contributed by atoms with van der Waals surface area (Å²) in [6.45, 7) is 8.53. The highest BCUT2D eigenvalue weighted by molar-refractivity contribution is 5.86. The molecule has 0 aliphatic rings. The van der Waals surface area contributed by atoms with Gasteiger partial charge in [0.1, 0.15) is 12.4 Å². The molecule has 2 rings (SSSR count). The summed E-state index contributed by atoms with van der Waals surface area (Å²) >= 11 is 0. The van der Waals surface area contributed by atoms with Crippen molar-refractivity contribution in [2.45, 2.75) is 34.3 Å². The van der Waals surface area contributed by atoms with Crippen molar-refractivity contribution in [3.8, 4) is 5.75 Å². The fourth-order valence-corrected chi connectivity index (χ4v) is 2.41. The van der Waals surface area contributed by atoms with E-state index in [1.54, 1.807) is 6.92 Å². The maximum atomic E-state index is 11.7. The van der Waals surface area contributed by atoms with Gasteiger partial charge in [-0.15, -0.1) is 0 Å². The number of benzene rings is 2. The number of anilines is 1. The van der Waals surface area contributed by atoms with E-state index in [2.05, 4.69) is 18.3 Å². The third kappa shape index (κ3) is 4.49. The predicted octanol–water partition coefficient (Wildman–Crippen LogP) is 4.76. The Kier molecular flexibility index (Phi) is 5.63. The lowest BCUT2D eigenvalue weighted by atomic mass is 10.1. The molecule has 2 aromatic rings. The number of nitrogens with one attached hydrogen (secondary N) is 1. The second-order valence-corrected chi connectivity index (χ2v) is 5.51. The lowest BCUT2D eigenvalue weighted by molar-refractivity contribution is 0.168. The Morgan fingerprint density at radius 3 is 2.57 bits per heavy atom. The Morgan fingerprint density at radius 1 is 1.09 bits per heavy atom. The minimum Gasteiger partial charge on any atom is -0.489 e. The highest BCUT2D eigenvalue weighted by Gasteiger charge is 2.11. The van der Waals surface area contributed by atoms with Crippen LogP contribution in [-0.2, 0) is 11.3 Å². The number of rotatable bonds is 5. The summed E-state index contributed by atoms with van der Waals surface area (Å²) in [4.78, 5) is 11.7. The van der Waals surface area contributed by atoms with E-state index in [-0.39, 0.29) is 0 Å². The SMILES string of the molecule is CCOC(=O)Nc1c(C)cccc1COc1ccc(C)cc1C. The lowest BCUT2D eigenvalue weighted by Crippen LogP contribution is -2.16. The maximum Gasteiger partial charge on any atom is 0.411 e. The Labute approximate surface area is 137 Å². The van der Waals surface area contributed by atoms with Crippen LogP contribution in [0.2, 0.25) is 0 Å². The first-order valence-electron chi connectivity index (χ1n) is 7.73. The Hall–Kier alpha value is -2.49. The van der Waals surface area contributed by atoms with Gasteiger partial charge in [-0.3, -0.25) is 5.32 Å². The number of hydrogen-bond acceptors (Lipinski definition) is 3. The van der Waals surface area contributed by atoms with Crippen molar-refractivity contribution in [2.24, 2.45) is 0 Å². The lowest BCUT2D eigenvalue weighted by Gasteiger charge is -2.15. The van der Waals surface area contributed by atoms with E-state index < -0.39 is 6.09 Å². The molecule has 2 aromatic carbocycles. The summed E-state index contributed by atoms with van der Waals surface area (Å²) in [5.74, 6) is 0.846. The van der Waals surface area contributed by atoms with Gasteiger partial charge in [-0.2, -0.15) is 0 Å². The third-order valence-corrected chi connectivity index (χ3v) is 3.58. The van der Waals surface area contributed by atoms with Gasteiger partial charge in [0.05, 0.1) is 12.3 Å². The van der Waals surface area contributed by atoms with Crippen LogP contribution in [0, 0.1) is 20.8 Å². The molecule has 122 valence electrons. The van der Waals surface area contributed by atoms with E-state index in [1.165, 1.54) is 5.56 Å². The highest BCUT2D eigenvalue weighted by atomic mass is 16.5. The van der Waals surface area contributed by atoms with Gasteiger partial charge in [0.15, 0.2) is 0 Å². The maximum absolute atomic E-state index is 11.7. The second-order valence-electron chi connectivity index (χ2n) is 5.51. The molecule has 0 saturated heterocycles. The van der Waals surface area contributed by atoms with Gasteiger partial charge in [0.2, 0.25) is 0 Å². The monoisotopic (exact) mass is 313 g/mol. The molecule has 4 nitrogen and oxygen atoms in total. The third-order valence-electron chi connectivity index (χ3n) is 3.58. The highest BCUT2D eigenvalue weighted by Crippen LogP contribution is 2.25. The molecule has 0 radical (unpaired) electrons. The first-order chi connectivity index (χ1) is 11.0. The molecule has 0 bridgehead atoms. The fraction of sp³-hybridized carbons (Fsp3) is 0.316. The molecule has 0 spiro atoms. The van der Waals surface area contributed by atoms with Crippen LogP contribution in [0.3, 0.4) is 0 Å². The van der Waals surface area contributed by atoms with Gasteiger partial charge < -0.3 is 9.47 Å². The van der Waals surface area contributed by atoms with Crippen LogP contribution in [0.4, 0.5) is 10.5 Å². The summed E-state index contributed by atoms with van der Waals surface area (Å²) in [5.41, 5.74) is 4.93. The number of carbonyl (C=O) groups is 1. The van der Waals surface area contributed by atoms with Gasteiger partial charge in [0, 0.05) is 5.56 Å². The number of para-hydroxylation sites is 1. The van der Waals surface area contributed by atoms with Crippen molar-refractivity contribution in [3.05, 3.63) is 58.7 Å². The minimum atomic E-state index is -0.449. The van der Waals surface area contributed by atoms with Crippen molar-refractivity contribution < 1.29 is 14.3 Å². The van der Waals surface area contributed by atoms with Crippen LogP contribution >= 0.6 is 0 Å². The molecule has 23 heavy (non-hydrogen) atoms. The molecule has 1 N–H and O–H groups in total. The molecule has 0 saturated carbocycles. The van der Waals surface area contributed by atoms with Crippen LogP contribution < -0.4 is 10.1 Å². The van der Waals surface area contributed by atoms with Crippen molar-refractivity contribution in [2.75, 3.05) is 11.9 Å². The second kappa shape index (κ2) is 7.68. The summed E-state index contributed by atoms with van der Waals surface area (Å²) < 4.78 is 10.9. The van der Waals surface area contributed by atoms with Crippen molar-refractivity contribution >= 4 is 11.8 Å². The average molecular weight is 313 g/mol. The normalized spacial score (nSPS) is 10.3. The largest absolute Gasteiger partial charge is 0.489 e. The summed E-state index contributed by atoms with van der Waals surface area (Å²) in [6.07, 6.45) is -0.449. The predicted molar refractivity (Wildman–Crippen MR) is 92.1 cm³/mol. The van der Waals surface area contributed by atoms with Crippen LogP contribution in [0.1, 0.15) is 29.2 Å².